The molecule has 1 fully saturated rings. The van der Waals surface area contributed by atoms with Gasteiger partial charge in [0.2, 0.25) is 10.0 Å². The average Bonchev–Trinajstić information content (AvgIpc) is 2.82. The Morgan fingerprint density at radius 3 is 2.26 bits per heavy atom. The van der Waals surface area contributed by atoms with Crippen LogP contribution in [0.4, 0.5) is 0 Å². The normalized spacial score (nSPS) is 18.8. The zero-order valence-electron chi connectivity index (χ0n) is 20.1. The van der Waals surface area contributed by atoms with Crippen LogP contribution in [-0.2, 0) is 26.1 Å². The highest BCUT2D eigenvalue weighted by atomic mass is 32.2. The lowest BCUT2D eigenvalue weighted by Crippen LogP contribution is -2.42. The molecule has 0 spiro atoms. The molecule has 2 aromatic carbocycles. The Bertz CT molecular complexity index is 1110. The van der Waals surface area contributed by atoms with Crippen LogP contribution in [0.1, 0.15) is 36.2 Å². The van der Waals surface area contributed by atoms with Crippen molar-refractivity contribution in [3.8, 4) is 5.75 Å². The summed E-state index contributed by atoms with van der Waals surface area (Å²) in [6, 6.07) is 13.6. The highest BCUT2D eigenvalue weighted by Gasteiger charge is 2.34. The minimum atomic E-state index is -3.89. The van der Waals surface area contributed by atoms with Crippen molar-refractivity contribution in [3.05, 3.63) is 59.7 Å². The van der Waals surface area contributed by atoms with Crippen LogP contribution in [0.5, 0.6) is 5.75 Å². The van der Waals surface area contributed by atoms with E-state index in [0.29, 0.717) is 13.1 Å². The molecule has 1 amide bonds. The summed E-state index contributed by atoms with van der Waals surface area (Å²) in [4.78, 5) is 26.7. The van der Waals surface area contributed by atoms with Crippen molar-refractivity contribution in [3.63, 3.8) is 0 Å². The van der Waals surface area contributed by atoms with Crippen molar-refractivity contribution in [2.45, 2.75) is 31.7 Å². The molecule has 9 heteroatoms. The van der Waals surface area contributed by atoms with Gasteiger partial charge in [0.15, 0.2) is 0 Å². The quantitative estimate of drug-likeness (QED) is 0.530. The number of sulfonamides is 1. The molecule has 3 rings (SSSR count). The minimum absolute atomic E-state index is 0.0557. The minimum Gasteiger partial charge on any atom is -0.495 e. The zero-order chi connectivity index (χ0) is 24.9. The van der Waals surface area contributed by atoms with E-state index in [-0.39, 0.29) is 41.1 Å². The predicted octanol–water partition coefficient (Wildman–Crippen LogP) is 3.18. The standard InChI is InChI=1S/C25H32N2O6S/c1-18-12-19(2)15-27(14-18)34(30,31)23-13-21(10-11-22(23)32-3)25(29)26(17-24(28)33-4)16-20-8-6-5-7-9-20/h5-11,13,18-19H,12,14-17H2,1-4H3/t18-,19-/m1/s1. The highest BCUT2D eigenvalue weighted by molar-refractivity contribution is 7.89. The summed E-state index contributed by atoms with van der Waals surface area (Å²) >= 11 is 0. The molecule has 1 heterocycles. The van der Waals surface area contributed by atoms with Gasteiger partial charge in [0.05, 0.1) is 14.2 Å². The second kappa shape index (κ2) is 11.0. The smallest absolute Gasteiger partial charge is 0.325 e. The first kappa shape index (κ1) is 25.7. The molecule has 0 bridgehead atoms. The number of esters is 1. The van der Waals surface area contributed by atoms with Gasteiger partial charge in [0.1, 0.15) is 17.2 Å². The number of ether oxygens (including phenoxy) is 2. The molecule has 1 aliphatic heterocycles. The van der Waals surface area contributed by atoms with Crippen LogP contribution in [0.15, 0.2) is 53.4 Å². The van der Waals surface area contributed by atoms with Gasteiger partial charge in [-0.05, 0) is 42.0 Å². The topological polar surface area (TPSA) is 93.2 Å². The molecule has 1 aliphatic rings. The molecular formula is C25H32N2O6S. The maximum atomic E-state index is 13.6. The molecule has 0 N–H and O–H groups in total. The van der Waals surface area contributed by atoms with E-state index in [1.807, 2.05) is 44.2 Å². The van der Waals surface area contributed by atoms with Gasteiger partial charge in [0.25, 0.3) is 5.91 Å². The second-order valence-electron chi connectivity index (χ2n) is 8.86. The molecule has 34 heavy (non-hydrogen) atoms. The van der Waals surface area contributed by atoms with Crippen molar-refractivity contribution in [2.75, 3.05) is 33.9 Å². The SMILES string of the molecule is COC(=O)CN(Cc1ccccc1)C(=O)c1ccc(OC)c(S(=O)(=O)N2C[C@H](C)C[C@@H](C)C2)c1. The summed E-state index contributed by atoms with van der Waals surface area (Å²) in [7, 11) is -1.24. The lowest BCUT2D eigenvalue weighted by molar-refractivity contribution is -0.141. The number of piperidine rings is 1. The third-order valence-corrected chi connectivity index (χ3v) is 7.77. The Morgan fingerprint density at radius 2 is 1.68 bits per heavy atom. The number of amides is 1. The van der Waals surface area contributed by atoms with Crippen LogP contribution in [0, 0.1) is 11.8 Å². The summed E-state index contributed by atoms with van der Waals surface area (Å²) in [5.41, 5.74) is 0.981. The monoisotopic (exact) mass is 488 g/mol. The fourth-order valence-electron chi connectivity index (χ4n) is 4.36. The van der Waals surface area contributed by atoms with Crippen LogP contribution in [0.25, 0.3) is 0 Å². The maximum absolute atomic E-state index is 13.6. The number of hydrogen-bond donors (Lipinski definition) is 0. The van der Waals surface area contributed by atoms with E-state index in [2.05, 4.69) is 0 Å². The van der Waals surface area contributed by atoms with Crippen LogP contribution in [0.2, 0.25) is 0 Å². The molecule has 0 saturated carbocycles. The summed E-state index contributed by atoms with van der Waals surface area (Å²) < 4.78 is 38.7. The molecule has 1 saturated heterocycles. The highest BCUT2D eigenvalue weighted by Crippen LogP contribution is 2.32. The van der Waals surface area contributed by atoms with Gasteiger partial charge in [-0.3, -0.25) is 9.59 Å². The van der Waals surface area contributed by atoms with E-state index in [1.165, 1.54) is 41.6 Å². The second-order valence-corrected chi connectivity index (χ2v) is 10.8. The first-order chi connectivity index (χ1) is 16.1. The lowest BCUT2D eigenvalue weighted by atomic mass is 9.94. The largest absolute Gasteiger partial charge is 0.495 e. The molecule has 0 aliphatic carbocycles. The fourth-order valence-corrected chi connectivity index (χ4v) is 6.22. The Hall–Kier alpha value is -2.91. The number of rotatable bonds is 8. The Labute approximate surface area is 201 Å². The molecule has 184 valence electrons. The van der Waals surface area contributed by atoms with E-state index in [1.54, 1.807) is 0 Å². The van der Waals surface area contributed by atoms with Crippen LogP contribution in [0.3, 0.4) is 0 Å². The predicted molar refractivity (Wildman–Crippen MR) is 128 cm³/mol. The number of benzene rings is 2. The third-order valence-electron chi connectivity index (χ3n) is 5.91. The van der Waals surface area contributed by atoms with Gasteiger partial charge in [0, 0.05) is 25.2 Å². The molecule has 2 atom stereocenters. The molecule has 0 aromatic heterocycles. The van der Waals surface area contributed by atoms with Crippen LogP contribution >= 0.6 is 0 Å². The maximum Gasteiger partial charge on any atom is 0.325 e. The van der Waals surface area contributed by atoms with E-state index in [4.69, 9.17) is 9.47 Å². The fraction of sp³-hybridized carbons (Fsp3) is 0.440. The molecule has 8 nitrogen and oxygen atoms in total. The molecular weight excluding hydrogens is 456 g/mol. The first-order valence-electron chi connectivity index (χ1n) is 11.2. The summed E-state index contributed by atoms with van der Waals surface area (Å²) in [6.45, 7) is 4.80. The van der Waals surface area contributed by atoms with E-state index >= 15 is 0 Å². The van der Waals surface area contributed by atoms with Crippen molar-refractivity contribution in [2.24, 2.45) is 11.8 Å². The number of methoxy groups -OCH3 is 2. The van der Waals surface area contributed by atoms with Gasteiger partial charge in [-0.25, -0.2) is 8.42 Å². The number of carbonyl (C=O) groups excluding carboxylic acids is 2. The summed E-state index contributed by atoms with van der Waals surface area (Å²) in [5.74, 6) is -0.410. The molecule has 0 radical (unpaired) electrons. The van der Waals surface area contributed by atoms with E-state index in [9.17, 15) is 18.0 Å². The van der Waals surface area contributed by atoms with Crippen LogP contribution < -0.4 is 4.74 Å². The van der Waals surface area contributed by atoms with E-state index in [0.717, 1.165) is 12.0 Å². The number of hydrogen-bond acceptors (Lipinski definition) is 6. The Kier molecular flexibility index (Phi) is 8.33. The lowest BCUT2D eigenvalue weighted by Gasteiger charge is -2.34. The third kappa shape index (κ3) is 5.95. The molecule has 2 aromatic rings. The van der Waals surface area contributed by atoms with Crippen molar-refractivity contribution in [1.82, 2.24) is 9.21 Å². The van der Waals surface area contributed by atoms with E-state index < -0.39 is 21.9 Å². The van der Waals surface area contributed by atoms with Gasteiger partial charge in [-0.1, -0.05) is 44.2 Å². The van der Waals surface area contributed by atoms with Crippen molar-refractivity contribution >= 4 is 21.9 Å². The van der Waals surface area contributed by atoms with Crippen molar-refractivity contribution < 1.29 is 27.5 Å². The summed E-state index contributed by atoms with van der Waals surface area (Å²) in [6.07, 6.45) is 0.962. The molecule has 0 unspecified atom stereocenters. The first-order valence-corrected chi connectivity index (χ1v) is 12.7. The van der Waals surface area contributed by atoms with Crippen LogP contribution in [-0.4, -0.2) is 63.4 Å². The number of carbonyl (C=O) groups is 2. The Balaban J connectivity index is 1.97. The van der Waals surface area contributed by atoms with Crippen molar-refractivity contribution in [1.29, 1.82) is 0 Å². The van der Waals surface area contributed by atoms with Gasteiger partial charge in [-0.15, -0.1) is 0 Å². The van der Waals surface area contributed by atoms with Gasteiger partial charge < -0.3 is 14.4 Å². The Morgan fingerprint density at radius 1 is 1.03 bits per heavy atom. The zero-order valence-corrected chi connectivity index (χ0v) is 20.9. The average molecular weight is 489 g/mol. The number of nitrogens with zero attached hydrogens (tertiary/aromatic N) is 2. The van der Waals surface area contributed by atoms with Gasteiger partial charge >= 0.3 is 5.97 Å². The summed E-state index contributed by atoms with van der Waals surface area (Å²) in [5, 5.41) is 0. The van der Waals surface area contributed by atoms with Gasteiger partial charge in [-0.2, -0.15) is 4.31 Å².